The summed E-state index contributed by atoms with van der Waals surface area (Å²) in [6.45, 7) is 0. The van der Waals surface area contributed by atoms with Gasteiger partial charge in [0.15, 0.2) is 0 Å². The van der Waals surface area contributed by atoms with Crippen LogP contribution in [0.3, 0.4) is 0 Å². The predicted molar refractivity (Wildman–Crippen MR) is 59.5 cm³/mol. The number of carboxylic acid groups (broad SMARTS) is 1. The van der Waals surface area contributed by atoms with Crippen molar-refractivity contribution in [3.8, 4) is 11.5 Å². The monoisotopic (exact) mass is 235 g/mol. The molecule has 0 aliphatic rings. The molecule has 0 aliphatic heterocycles. The van der Waals surface area contributed by atoms with Crippen LogP contribution in [0.5, 0.6) is 11.5 Å². The first-order valence-corrected chi connectivity index (χ1v) is 5.11. The van der Waals surface area contributed by atoms with Crippen molar-refractivity contribution >= 4 is 5.97 Å². The maximum atomic E-state index is 10.4. The summed E-state index contributed by atoms with van der Waals surface area (Å²) in [6.07, 6.45) is 3.19. The third kappa shape index (κ3) is 4.25. The molecule has 4 nitrogen and oxygen atoms in total. The standard InChI is InChI=1S/C13H11NO3.Li/c15-13(16)9-10-1-3-11(4-2-10)17-12-5-7-14-8-6-12;/h1-8H,9H2,(H,15,16);/q;+1/p-1. The number of carbonyl (C=O) groups is 1. The van der Waals surface area contributed by atoms with Gasteiger partial charge in [0, 0.05) is 24.8 Å². The van der Waals surface area contributed by atoms with E-state index in [1.165, 1.54) is 0 Å². The fraction of sp³-hybridized carbons (Fsp3) is 0.0769. The first kappa shape index (κ1) is 14.3. The van der Waals surface area contributed by atoms with E-state index in [0.29, 0.717) is 17.1 Å². The SMILES string of the molecule is O=C([O-])Cc1ccc(Oc2ccncc2)cc1.[Li+]. The Bertz CT molecular complexity index is 499. The Hall–Kier alpha value is -1.76. The van der Waals surface area contributed by atoms with E-state index >= 15 is 0 Å². The molecule has 5 heteroatoms. The average molecular weight is 235 g/mol. The first-order valence-electron chi connectivity index (χ1n) is 5.11. The fourth-order valence-electron chi connectivity index (χ4n) is 1.38. The Morgan fingerprint density at radius 1 is 1.06 bits per heavy atom. The van der Waals surface area contributed by atoms with Crippen LogP contribution in [-0.2, 0) is 11.2 Å². The van der Waals surface area contributed by atoms with Gasteiger partial charge >= 0.3 is 18.9 Å². The number of rotatable bonds is 4. The fourth-order valence-corrected chi connectivity index (χ4v) is 1.38. The van der Waals surface area contributed by atoms with Gasteiger partial charge in [-0.2, -0.15) is 0 Å². The van der Waals surface area contributed by atoms with Crippen LogP contribution in [0.25, 0.3) is 0 Å². The zero-order chi connectivity index (χ0) is 12.1. The molecule has 1 aromatic heterocycles. The molecule has 0 aliphatic carbocycles. The second-order valence-electron chi connectivity index (χ2n) is 3.48. The van der Waals surface area contributed by atoms with Crippen LogP contribution in [-0.4, -0.2) is 11.0 Å². The molecule has 1 heterocycles. The minimum atomic E-state index is -1.09. The Kier molecular flexibility index (Phi) is 5.44. The van der Waals surface area contributed by atoms with Crippen LogP contribution in [0.4, 0.5) is 0 Å². The van der Waals surface area contributed by atoms with Crippen LogP contribution in [0.15, 0.2) is 48.8 Å². The van der Waals surface area contributed by atoms with E-state index in [1.807, 2.05) is 0 Å². The van der Waals surface area contributed by atoms with E-state index in [4.69, 9.17) is 4.74 Å². The van der Waals surface area contributed by atoms with Gasteiger partial charge in [-0.05, 0) is 29.8 Å². The molecule has 0 bridgehead atoms. The van der Waals surface area contributed by atoms with Crippen molar-refractivity contribution in [2.45, 2.75) is 6.42 Å². The minimum Gasteiger partial charge on any atom is -0.550 e. The van der Waals surface area contributed by atoms with Gasteiger partial charge in [0.25, 0.3) is 0 Å². The predicted octanol–water partition coefficient (Wildman–Crippen LogP) is -1.83. The van der Waals surface area contributed by atoms with Crippen LogP contribution < -0.4 is 28.7 Å². The van der Waals surface area contributed by atoms with Gasteiger partial charge in [0.2, 0.25) is 0 Å². The Morgan fingerprint density at radius 2 is 1.61 bits per heavy atom. The molecule has 0 amide bonds. The average Bonchev–Trinajstić information content (AvgIpc) is 2.32. The van der Waals surface area contributed by atoms with Crippen LogP contribution in [0.1, 0.15) is 5.56 Å². The zero-order valence-corrected chi connectivity index (χ0v) is 10.00. The van der Waals surface area contributed by atoms with Crippen LogP contribution in [0.2, 0.25) is 0 Å². The van der Waals surface area contributed by atoms with E-state index < -0.39 is 5.97 Å². The van der Waals surface area contributed by atoms with Gasteiger partial charge in [-0.3, -0.25) is 4.98 Å². The van der Waals surface area contributed by atoms with Crippen molar-refractivity contribution in [2.75, 3.05) is 0 Å². The number of pyridine rings is 1. The molecule has 1 aromatic carbocycles. The van der Waals surface area contributed by atoms with Gasteiger partial charge in [-0.25, -0.2) is 0 Å². The van der Waals surface area contributed by atoms with Crippen LogP contribution >= 0.6 is 0 Å². The van der Waals surface area contributed by atoms with Crippen LogP contribution in [0, 0.1) is 0 Å². The third-order valence-corrected chi connectivity index (χ3v) is 2.16. The quantitative estimate of drug-likeness (QED) is 0.585. The topological polar surface area (TPSA) is 62.2 Å². The summed E-state index contributed by atoms with van der Waals surface area (Å²) in [4.78, 5) is 14.3. The maximum Gasteiger partial charge on any atom is 1.00 e. The van der Waals surface area contributed by atoms with Gasteiger partial charge in [0.05, 0.1) is 0 Å². The summed E-state index contributed by atoms with van der Waals surface area (Å²) < 4.78 is 5.54. The summed E-state index contributed by atoms with van der Waals surface area (Å²) in [6, 6.07) is 10.3. The number of ether oxygens (including phenoxy) is 1. The number of aromatic nitrogens is 1. The number of hydrogen-bond acceptors (Lipinski definition) is 4. The number of nitrogens with zero attached hydrogens (tertiary/aromatic N) is 1. The summed E-state index contributed by atoms with van der Waals surface area (Å²) in [5.74, 6) is 0.249. The van der Waals surface area contributed by atoms with Gasteiger partial charge in [0.1, 0.15) is 11.5 Å². The van der Waals surface area contributed by atoms with E-state index in [2.05, 4.69) is 4.98 Å². The van der Waals surface area contributed by atoms with E-state index in [-0.39, 0.29) is 25.3 Å². The van der Waals surface area contributed by atoms with E-state index in [1.54, 1.807) is 48.8 Å². The van der Waals surface area contributed by atoms with E-state index in [9.17, 15) is 9.90 Å². The number of benzene rings is 1. The molecule has 0 saturated carbocycles. The molecule has 2 aromatic rings. The molecule has 0 spiro atoms. The molecule has 0 radical (unpaired) electrons. The molecule has 0 N–H and O–H groups in total. The molecule has 0 saturated heterocycles. The zero-order valence-electron chi connectivity index (χ0n) is 10.00. The molecular weight excluding hydrogens is 225 g/mol. The van der Waals surface area contributed by atoms with Crippen molar-refractivity contribution < 1.29 is 33.5 Å². The number of carboxylic acids is 1. The van der Waals surface area contributed by atoms with Gasteiger partial charge in [-0.15, -0.1) is 0 Å². The number of aliphatic carboxylic acids is 1. The second-order valence-corrected chi connectivity index (χ2v) is 3.48. The summed E-state index contributed by atoms with van der Waals surface area (Å²) in [5.41, 5.74) is 0.687. The molecule has 0 atom stereocenters. The van der Waals surface area contributed by atoms with Crippen molar-refractivity contribution in [3.05, 3.63) is 54.4 Å². The molecular formula is C13H10LiNO3. The number of hydrogen-bond donors (Lipinski definition) is 0. The minimum absolute atomic E-state index is 0. The van der Waals surface area contributed by atoms with Crippen molar-refractivity contribution in [1.29, 1.82) is 0 Å². The Labute approximate surface area is 117 Å². The van der Waals surface area contributed by atoms with Crippen molar-refractivity contribution in [3.63, 3.8) is 0 Å². The van der Waals surface area contributed by atoms with Gasteiger partial charge < -0.3 is 14.6 Å². The summed E-state index contributed by atoms with van der Waals surface area (Å²) in [7, 11) is 0. The first-order chi connectivity index (χ1) is 8.24. The molecule has 0 unspecified atom stereocenters. The molecule has 18 heavy (non-hydrogen) atoms. The summed E-state index contributed by atoms with van der Waals surface area (Å²) >= 11 is 0. The maximum absolute atomic E-state index is 10.4. The third-order valence-electron chi connectivity index (χ3n) is 2.16. The molecule has 0 fully saturated rings. The summed E-state index contributed by atoms with van der Waals surface area (Å²) in [5, 5.41) is 10.4. The van der Waals surface area contributed by atoms with Crippen molar-refractivity contribution in [1.82, 2.24) is 4.98 Å². The van der Waals surface area contributed by atoms with Gasteiger partial charge in [-0.1, -0.05) is 12.1 Å². The smallest absolute Gasteiger partial charge is 0.550 e. The Morgan fingerprint density at radius 3 is 2.17 bits per heavy atom. The number of carbonyl (C=O) groups excluding carboxylic acids is 1. The largest absolute Gasteiger partial charge is 1.00 e. The Balaban J connectivity index is 0.00000162. The normalized spacial score (nSPS) is 9.33. The second kappa shape index (κ2) is 6.85. The van der Waals surface area contributed by atoms with E-state index in [0.717, 1.165) is 0 Å². The molecule has 2 rings (SSSR count). The van der Waals surface area contributed by atoms with Crippen molar-refractivity contribution in [2.24, 2.45) is 0 Å². The molecule has 86 valence electrons.